The number of benzene rings is 1. The molecule has 0 aliphatic carbocycles. The van der Waals surface area contributed by atoms with Gasteiger partial charge >= 0.3 is 0 Å². The molecule has 0 saturated carbocycles. The Morgan fingerprint density at radius 3 is 2.96 bits per heavy atom. The fraction of sp³-hybridized carbons (Fsp3) is 0.389. The van der Waals surface area contributed by atoms with Crippen LogP contribution in [0.5, 0.6) is 0 Å². The van der Waals surface area contributed by atoms with Gasteiger partial charge in [0.1, 0.15) is 5.82 Å². The van der Waals surface area contributed by atoms with Crippen molar-refractivity contribution >= 4 is 27.5 Å². The van der Waals surface area contributed by atoms with Crippen LogP contribution in [0.25, 0.3) is 10.1 Å². The minimum atomic E-state index is 0.00478. The molecule has 2 atom stereocenters. The number of carbonyl (C=O) groups is 1. The molecule has 0 radical (unpaired) electrons. The van der Waals surface area contributed by atoms with E-state index in [0.717, 1.165) is 31.2 Å². The second kappa shape index (κ2) is 6.57. The van der Waals surface area contributed by atoms with Gasteiger partial charge in [-0.3, -0.25) is 9.69 Å². The lowest BCUT2D eigenvalue weighted by atomic mass is 10.0. The predicted molar refractivity (Wildman–Crippen MR) is 98.5 cm³/mol. The lowest BCUT2D eigenvalue weighted by Gasteiger charge is -2.18. The van der Waals surface area contributed by atoms with E-state index >= 15 is 0 Å². The van der Waals surface area contributed by atoms with Crippen LogP contribution in [0.3, 0.4) is 0 Å². The normalized spacial score (nSPS) is 21.0. The summed E-state index contributed by atoms with van der Waals surface area (Å²) in [6.07, 6.45) is 3.77. The molecule has 1 unspecified atom stereocenters. The van der Waals surface area contributed by atoms with Crippen molar-refractivity contribution in [3.63, 3.8) is 0 Å². The monoisotopic (exact) mass is 355 g/mol. The third-order valence-corrected chi connectivity index (χ3v) is 5.66. The number of nitrogens with one attached hydrogen (secondary N) is 1. The van der Waals surface area contributed by atoms with Crippen molar-refractivity contribution in [2.24, 2.45) is 7.05 Å². The number of likely N-dealkylation sites (tertiary alicyclic amines) is 1. The van der Waals surface area contributed by atoms with Gasteiger partial charge in [0.15, 0.2) is 0 Å². The van der Waals surface area contributed by atoms with Crippen LogP contribution in [-0.2, 0) is 18.4 Å². The first-order chi connectivity index (χ1) is 12.1. The Kier molecular flexibility index (Phi) is 4.27. The van der Waals surface area contributed by atoms with Gasteiger partial charge in [-0.05, 0) is 17.6 Å². The number of hydrogen-bond acceptors (Lipinski definition) is 5. The number of aromatic nitrogens is 3. The van der Waals surface area contributed by atoms with Crippen molar-refractivity contribution < 1.29 is 4.79 Å². The highest BCUT2D eigenvalue weighted by atomic mass is 32.1. The van der Waals surface area contributed by atoms with Crippen LogP contribution in [0.4, 0.5) is 0 Å². The van der Waals surface area contributed by atoms with Crippen molar-refractivity contribution in [3.8, 4) is 0 Å². The molecule has 130 valence electrons. The Hall–Kier alpha value is -2.25. The number of nitrogens with zero attached hydrogens (tertiary/aromatic N) is 4. The molecule has 7 heteroatoms. The molecule has 2 aromatic heterocycles. The number of carbonyl (C=O) groups excluding carboxylic acids is 1. The number of imidazole rings is 1. The number of rotatable bonds is 4. The van der Waals surface area contributed by atoms with Gasteiger partial charge in [0.25, 0.3) is 0 Å². The summed E-state index contributed by atoms with van der Waals surface area (Å²) in [5.41, 5.74) is 1.11. The van der Waals surface area contributed by atoms with Crippen LogP contribution in [0, 0.1) is 0 Å². The van der Waals surface area contributed by atoms with E-state index in [1.54, 1.807) is 18.5 Å². The molecule has 1 saturated heterocycles. The van der Waals surface area contributed by atoms with Gasteiger partial charge in [-0.15, -0.1) is 0 Å². The van der Waals surface area contributed by atoms with Gasteiger partial charge in [0.05, 0.1) is 22.4 Å². The molecule has 25 heavy (non-hydrogen) atoms. The standard InChI is InChI=1S/C18H21N5OS/c1-12(24)20-15-10-23(9-14(15)18-19-7-8-22(18)2)11-16-13-5-3-4-6-17(13)25-21-16/h3-8,14-15H,9-11H2,1-2H3,(H,20,24)/t14-,15?/m1/s1. The average molecular weight is 355 g/mol. The average Bonchev–Trinajstić information content (AvgIpc) is 3.27. The van der Waals surface area contributed by atoms with Crippen molar-refractivity contribution in [2.75, 3.05) is 13.1 Å². The van der Waals surface area contributed by atoms with Gasteiger partial charge in [-0.2, -0.15) is 4.37 Å². The first-order valence-electron chi connectivity index (χ1n) is 8.42. The molecule has 1 aliphatic heterocycles. The van der Waals surface area contributed by atoms with Gasteiger partial charge in [-0.1, -0.05) is 18.2 Å². The maximum Gasteiger partial charge on any atom is 0.217 e. The third-order valence-electron chi connectivity index (χ3n) is 4.80. The van der Waals surface area contributed by atoms with Gasteiger partial charge in [0.2, 0.25) is 5.91 Å². The Bertz CT molecular complexity index is 902. The first-order valence-corrected chi connectivity index (χ1v) is 9.19. The summed E-state index contributed by atoms with van der Waals surface area (Å²) in [5, 5.41) is 4.33. The summed E-state index contributed by atoms with van der Waals surface area (Å²) < 4.78 is 7.90. The van der Waals surface area contributed by atoms with Crippen LogP contribution in [-0.4, -0.2) is 43.9 Å². The summed E-state index contributed by atoms with van der Waals surface area (Å²) >= 11 is 1.55. The van der Waals surface area contributed by atoms with Crippen LogP contribution in [0.1, 0.15) is 24.4 Å². The van der Waals surface area contributed by atoms with Crippen LogP contribution in [0.15, 0.2) is 36.7 Å². The van der Waals surface area contributed by atoms with E-state index in [-0.39, 0.29) is 17.9 Å². The van der Waals surface area contributed by atoms with Crippen LogP contribution in [0.2, 0.25) is 0 Å². The highest BCUT2D eigenvalue weighted by Crippen LogP contribution is 2.29. The molecule has 0 bridgehead atoms. The maximum absolute atomic E-state index is 11.6. The highest BCUT2D eigenvalue weighted by molar-refractivity contribution is 7.13. The maximum atomic E-state index is 11.6. The van der Waals surface area contributed by atoms with Gasteiger partial charge < -0.3 is 9.88 Å². The van der Waals surface area contributed by atoms with E-state index in [0.29, 0.717) is 0 Å². The van der Waals surface area contributed by atoms with Gasteiger partial charge in [-0.25, -0.2) is 4.98 Å². The summed E-state index contributed by atoms with van der Waals surface area (Å²) in [6.45, 7) is 4.04. The zero-order chi connectivity index (χ0) is 17.4. The summed E-state index contributed by atoms with van der Waals surface area (Å²) in [4.78, 5) is 18.5. The molecule has 3 aromatic rings. The van der Waals surface area contributed by atoms with E-state index < -0.39 is 0 Å². The molecule has 1 aromatic carbocycles. The van der Waals surface area contributed by atoms with E-state index in [1.165, 1.54) is 10.1 Å². The molecular formula is C18H21N5OS. The quantitative estimate of drug-likeness (QED) is 0.779. The number of hydrogen-bond donors (Lipinski definition) is 1. The van der Waals surface area contributed by atoms with Crippen molar-refractivity contribution in [1.29, 1.82) is 0 Å². The Labute approximate surface area is 150 Å². The lowest BCUT2D eigenvalue weighted by molar-refractivity contribution is -0.119. The minimum absolute atomic E-state index is 0.00478. The largest absolute Gasteiger partial charge is 0.352 e. The topological polar surface area (TPSA) is 63.1 Å². The molecule has 1 aliphatic rings. The summed E-state index contributed by atoms with van der Waals surface area (Å²) in [5.74, 6) is 1.21. The Morgan fingerprint density at radius 1 is 1.36 bits per heavy atom. The molecule has 4 rings (SSSR count). The molecule has 1 amide bonds. The van der Waals surface area contributed by atoms with Gasteiger partial charge in [0, 0.05) is 51.4 Å². The SMILES string of the molecule is CC(=O)NC1CN(Cc2nsc3ccccc23)C[C@H]1c1nccn1C. The summed E-state index contributed by atoms with van der Waals surface area (Å²) in [6, 6.07) is 8.41. The van der Waals surface area contributed by atoms with E-state index in [2.05, 4.69) is 37.8 Å². The van der Waals surface area contributed by atoms with E-state index in [1.807, 2.05) is 30.1 Å². The van der Waals surface area contributed by atoms with Crippen LogP contribution >= 0.6 is 11.5 Å². The second-order valence-corrected chi connectivity index (χ2v) is 7.43. The lowest BCUT2D eigenvalue weighted by Crippen LogP contribution is -2.39. The number of aryl methyl sites for hydroxylation is 1. The van der Waals surface area contributed by atoms with E-state index in [4.69, 9.17) is 0 Å². The smallest absolute Gasteiger partial charge is 0.217 e. The molecule has 0 spiro atoms. The molecule has 6 nitrogen and oxygen atoms in total. The van der Waals surface area contributed by atoms with Crippen molar-refractivity contribution in [1.82, 2.24) is 24.1 Å². The Morgan fingerprint density at radius 2 is 2.20 bits per heavy atom. The highest BCUT2D eigenvalue weighted by Gasteiger charge is 2.36. The fourth-order valence-corrected chi connectivity index (χ4v) is 4.47. The fourth-order valence-electron chi connectivity index (χ4n) is 3.68. The van der Waals surface area contributed by atoms with Crippen LogP contribution < -0.4 is 5.32 Å². The number of amides is 1. The van der Waals surface area contributed by atoms with Crippen molar-refractivity contribution in [2.45, 2.75) is 25.4 Å². The first kappa shape index (κ1) is 16.2. The molecule has 1 fully saturated rings. The minimum Gasteiger partial charge on any atom is -0.352 e. The second-order valence-electron chi connectivity index (χ2n) is 6.63. The zero-order valence-electron chi connectivity index (χ0n) is 14.3. The summed E-state index contributed by atoms with van der Waals surface area (Å²) in [7, 11) is 2.00. The molecule has 1 N–H and O–H groups in total. The third kappa shape index (κ3) is 3.17. The zero-order valence-corrected chi connectivity index (χ0v) is 15.2. The van der Waals surface area contributed by atoms with E-state index in [9.17, 15) is 4.79 Å². The van der Waals surface area contributed by atoms with Crippen molar-refractivity contribution in [3.05, 3.63) is 48.2 Å². The number of fused-ring (bicyclic) bond motifs is 1. The molecular weight excluding hydrogens is 334 g/mol. The predicted octanol–water partition coefficient (Wildman–Crippen LogP) is 2.13. The Balaban J connectivity index is 1.57. The molecule has 3 heterocycles.